The van der Waals surface area contributed by atoms with Gasteiger partial charge in [0.25, 0.3) is 0 Å². The highest BCUT2D eigenvalue weighted by atomic mass is 19.1. The topological polar surface area (TPSA) is 72.5 Å². The Kier molecular flexibility index (Phi) is 4.67. The number of para-hydroxylation sites is 1. The number of carboxylic acid groups (broad SMARTS) is 1. The van der Waals surface area contributed by atoms with E-state index in [4.69, 9.17) is 15.6 Å². The summed E-state index contributed by atoms with van der Waals surface area (Å²) < 4.78 is 19.0. The Morgan fingerprint density at radius 2 is 2.17 bits per heavy atom. The predicted molar refractivity (Wildman–Crippen MR) is 66.1 cm³/mol. The van der Waals surface area contributed by atoms with Crippen molar-refractivity contribution < 1.29 is 19.0 Å². The Morgan fingerprint density at radius 3 is 2.72 bits per heavy atom. The molecular weight excluding hydrogens is 237 g/mol. The predicted octanol–water partition coefficient (Wildman–Crippen LogP) is 1.82. The lowest BCUT2D eigenvalue weighted by Crippen LogP contribution is -2.31. The Morgan fingerprint density at radius 1 is 1.50 bits per heavy atom. The summed E-state index contributed by atoms with van der Waals surface area (Å²) >= 11 is 0. The van der Waals surface area contributed by atoms with Crippen molar-refractivity contribution in [2.45, 2.75) is 20.3 Å². The Balaban J connectivity index is 2.87. The van der Waals surface area contributed by atoms with E-state index >= 15 is 0 Å². The molecule has 0 spiro atoms. The molecule has 1 aromatic carbocycles. The molecule has 5 heteroatoms. The minimum Gasteiger partial charge on any atom is -0.489 e. The maximum absolute atomic E-state index is 13.6. The van der Waals surface area contributed by atoms with Gasteiger partial charge in [-0.3, -0.25) is 4.79 Å². The highest BCUT2D eigenvalue weighted by Gasteiger charge is 2.28. The number of aliphatic carboxylic acids is 1. The quantitative estimate of drug-likeness (QED) is 0.813. The number of rotatable bonds is 6. The molecule has 0 fully saturated rings. The Hall–Kier alpha value is -1.62. The van der Waals surface area contributed by atoms with Crippen LogP contribution in [0.5, 0.6) is 5.75 Å². The fraction of sp³-hybridized carbons (Fsp3) is 0.462. The zero-order chi connectivity index (χ0) is 13.8. The minimum atomic E-state index is -1.07. The van der Waals surface area contributed by atoms with Crippen LogP contribution in [0, 0.1) is 11.2 Å². The van der Waals surface area contributed by atoms with Crippen LogP contribution in [-0.2, 0) is 11.2 Å². The largest absolute Gasteiger partial charge is 0.489 e. The Bertz CT molecular complexity index is 432. The summed E-state index contributed by atoms with van der Waals surface area (Å²) in [5.74, 6) is -1.39. The van der Waals surface area contributed by atoms with Crippen molar-refractivity contribution in [3.63, 3.8) is 0 Å². The van der Waals surface area contributed by atoms with E-state index in [0.29, 0.717) is 18.5 Å². The second-order valence-corrected chi connectivity index (χ2v) is 4.74. The van der Waals surface area contributed by atoms with Crippen LogP contribution in [0.25, 0.3) is 0 Å². The smallest absolute Gasteiger partial charge is 0.312 e. The molecule has 0 bridgehead atoms. The fourth-order valence-electron chi connectivity index (χ4n) is 1.38. The van der Waals surface area contributed by atoms with E-state index in [2.05, 4.69) is 0 Å². The lowest BCUT2D eigenvalue weighted by molar-refractivity contribution is -0.148. The summed E-state index contributed by atoms with van der Waals surface area (Å²) in [5, 5.41) is 8.97. The molecule has 0 aliphatic heterocycles. The van der Waals surface area contributed by atoms with Crippen LogP contribution in [0.15, 0.2) is 18.2 Å². The monoisotopic (exact) mass is 255 g/mol. The fourth-order valence-corrected chi connectivity index (χ4v) is 1.38. The van der Waals surface area contributed by atoms with Gasteiger partial charge in [0, 0.05) is 0 Å². The van der Waals surface area contributed by atoms with Crippen LogP contribution in [0.1, 0.15) is 19.4 Å². The van der Waals surface area contributed by atoms with Crippen LogP contribution in [0.3, 0.4) is 0 Å². The lowest BCUT2D eigenvalue weighted by Gasteiger charge is -2.21. The third kappa shape index (κ3) is 3.43. The molecule has 18 heavy (non-hydrogen) atoms. The van der Waals surface area contributed by atoms with Crippen molar-refractivity contribution in [3.8, 4) is 5.75 Å². The first-order valence-corrected chi connectivity index (χ1v) is 5.72. The van der Waals surface area contributed by atoms with Gasteiger partial charge in [0.15, 0.2) is 11.6 Å². The van der Waals surface area contributed by atoms with E-state index in [1.165, 1.54) is 19.9 Å². The summed E-state index contributed by atoms with van der Waals surface area (Å²) in [6.45, 7) is 3.33. The third-order valence-electron chi connectivity index (χ3n) is 2.62. The van der Waals surface area contributed by atoms with Crippen LogP contribution in [0.2, 0.25) is 0 Å². The molecule has 1 rings (SSSR count). The average molecular weight is 255 g/mol. The number of carbonyl (C=O) groups is 1. The summed E-state index contributed by atoms with van der Waals surface area (Å²) in [6.07, 6.45) is 0.487. The maximum atomic E-state index is 13.6. The molecule has 0 aliphatic carbocycles. The number of benzene rings is 1. The van der Waals surface area contributed by atoms with Crippen LogP contribution < -0.4 is 10.5 Å². The molecule has 0 saturated heterocycles. The van der Waals surface area contributed by atoms with Crippen molar-refractivity contribution in [1.82, 2.24) is 0 Å². The van der Waals surface area contributed by atoms with Gasteiger partial charge in [-0.15, -0.1) is 0 Å². The second-order valence-electron chi connectivity index (χ2n) is 4.74. The number of carboxylic acids is 1. The van der Waals surface area contributed by atoms with Crippen LogP contribution >= 0.6 is 0 Å². The zero-order valence-electron chi connectivity index (χ0n) is 10.6. The van der Waals surface area contributed by atoms with Gasteiger partial charge in [0.1, 0.15) is 6.61 Å². The molecule has 0 aromatic heterocycles. The van der Waals surface area contributed by atoms with E-state index in [0.717, 1.165) is 0 Å². The number of hydrogen-bond acceptors (Lipinski definition) is 3. The van der Waals surface area contributed by atoms with Crippen molar-refractivity contribution in [1.29, 1.82) is 0 Å². The summed E-state index contributed by atoms with van der Waals surface area (Å²) in [4.78, 5) is 10.9. The molecule has 0 atom stereocenters. The SMILES string of the molecule is CC(C)(COc1c(F)cccc1CCN)C(=O)O. The molecule has 3 N–H and O–H groups in total. The van der Waals surface area contributed by atoms with Gasteiger partial charge in [0.05, 0.1) is 5.41 Å². The first-order valence-electron chi connectivity index (χ1n) is 5.72. The van der Waals surface area contributed by atoms with Crippen molar-refractivity contribution >= 4 is 5.97 Å². The highest BCUT2D eigenvalue weighted by Crippen LogP contribution is 2.25. The van der Waals surface area contributed by atoms with Crippen molar-refractivity contribution in [2.24, 2.45) is 11.1 Å². The number of hydrogen-bond donors (Lipinski definition) is 2. The molecule has 0 heterocycles. The van der Waals surface area contributed by atoms with Gasteiger partial charge in [-0.1, -0.05) is 12.1 Å². The zero-order valence-corrected chi connectivity index (χ0v) is 10.6. The van der Waals surface area contributed by atoms with E-state index in [1.54, 1.807) is 12.1 Å². The first kappa shape index (κ1) is 14.4. The Labute approximate surface area is 106 Å². The van der Waals surface area contributed by atoms with Crippen molar-refractivity contribution in [2.75, 3.05) is 13.2 Å². The molecule has 0 aliphatic rings. The molecular formula is C13H18FNO3. The average Bonchev–Trinajstić information content (AvgIpc) is 2.28. The number of ether oxygens (including phenoxy) is 1. The van der Waals surface area contributed by atoms with E-state index in [9.17, 15) is 9.18 Å². The summed E-state index contributed by atoms with van der Waals surface area (Å²) in [6, 6.07) is 4.58. The van der Waals surface area contributed by atoms with Crippen LogP contribution in [0.4, 0.5) is 4.39 Å². The second kappa shape index (κ2) is 5.82. The van der Waals surface area contributed by atoms with Gasteiger partial charge in [-0.05, 0) is 38.4 Å². The van der Waals surface area contributed by atoms with E-state index in [1.807, 2.05) is 0 Å². The standard InChI is InChI=1S/C13H18FNO3/c1-13(2,12(16)17)8-18-11-9(6-7-15)4-3-5-10(11)14/h3-5H,6-8,15H2,1-2H3,(H,16,17). The number of nitrogens with two attached hydrogens (primary N) is 1. The molecule has 0 amide bonds. The molecule has 0 radical (unpaired) electrons. The molecule has 0 unspecified atom stereocenters. The highest BCUT2D eigenvalue weighted by molar-refractivity contribution is 5.73. The van der Waals surface area contributed by atoms with Gasteiger partial charge < -0.3 is 15.6 Å². The van der Waals surface area contributed by atoms with Gasteiger partial charge >= 0.3 is 5.97 Å². The summed E-state index contributed by atoms with van der Waals surface area (Å²) in [7, 11) is 0. The molecule has 4 nitrogen and oxygen atoms in total. The molecule has 1 aromatic rings. The first-order chi connectivity index (χ1) is 8.38. The van der Waals surface area contributed by atoms with E-state index < -0.39 is 17.2 Å². The third-order valence-corrected chi connectivity index (χ3v) is 2.62. The van der Waals surface area contributed by atoms with Gasteiger partial charge in [-0.25, -0.2) is 4.39 Å². The summed E-state index contributed by atoms with van der Waals surface area (Å²) in [5.41, 5.74) is 5.02. The van der Waals surface area contributed by atoms with E-state index in [-0.39, 0.29) is 12.4 Å². The molecule has 0 saturated carbocycles. The lowest BCUT2D eigenvalue weighted by atomic mass is 9.95. The van der Waals surface area contributed by atoms with Crippen LogP contribution in [-0.4, -0.2) is 24.2 Å². The van der Waals surface area contributed by atoms with Gasteiger partial charge in [-0.2, -0.15) is 0 Å². The minimum absolute atomic E-state index is 0.0947. The normalized spacial score (nSPS) is 11.3. The van der Waals surface area contributed by atoms with Gasteiger partial charge in [0.2, 0.25) is 0 Å². The number of halogens is 1. The van der Waals surface area contributed by atoms with Crippen molar-refractivity contribution in [3.05, 3.63) is 29.6 Å². The maximum Gasteiger partial charge on any atom is 0.312 e. The molecule has 100 valence electrons.